The van der Waals surface area contributed by atoms with Crippen LogP contribution in [0.5, 0.6) is 0 Å². The number of hydrogen-bond donors (Lipinski definition) is 1. The molecular weight excluding hydrogens is 252 g/mol. The molecule has 2 rings (SSSR count). The fourth-order valence-electron chi connectivity index (χ4n) is 1.62. The molecule has 0 aliphatic carbocycles. The highest BCUT2D eigenvalue weighted by Gasteiger charge is 2.19. The number of nitro benzene ring substituents is 1. The fraction of sp³-hybridized carbons (Fsp3) is 0. The van der Waals surface area contributed by atoms with Gasteiger partial charge in [-0.05, 0) is 24.3 Å². The smallest absolute Gasteiger partial charge is 0.282 e. The molecular formula is C12H8N2O5. The van der Waals surface area contributed by atoms with Gasteiger partial charge in [-0.15, -0.1) is 0 Å². The van der Waals surface area contributed by atoms with Gasteiger partial charge in [0.25, 0.3) is 11.6 Å². The quantitative estimate of drug-likeness (QED) is 0.510. The number of carbonyl (C=O) groups is 2. The zero-order valence-corrected chi connectivity index (χ0v) is 9.53. The van der Waals surface area contributed by atoms with Crippen molar-refractivity contribution < 1.29 is 18.9 Å². The summed E-state index contributed by atoms with van der Waals surface area (Å²) >= 11 is 0. The van der Waals surface area contributed by atoms with Crippen molar-refractivity contribution >= 4 is 17.9 Å². The highest BCUT2D eigenvalue weighted by Crippen LogP contribution is 2.28. The maximum Gasteiger partial charge on any atom is 0.282 e. The lowest BCUT2D eigenvalue weighted by atomic mass is 10.1. The number of hydrogen-bond acceptors (Lipinski definition) is 5. The van der Waals surface area contributed by atoms with Gasteiger partial charge in [0.15, 0.2) is 12.0 Å². The Morgan fingerprint density at radius 3 is 2.58 bits per heavy atom. The summed E-state index contributed by atoms with van der Waals surface area (Å²) in [6.07, 6.45) is 0.524. The molecule has 1 aromatic heterocycles. The molecule has 2 aromatic rings. The van der Waals surface area contributed by atoms with Gasteiger partial charge in [0.05, 0.1) is 4.92 Å². The van der Waals surface area contributed by atoms with Gasteiger partial charge in [-0.1, -0.05) is 0 Å². The minimum Gasteiger partial charge on any atom is -0.453 e. The van der Waals surface area contributed by atoms with Crippen LogP contribution < -0.4 is 5.73 Å². The van der Waals surface area contributed by atoms with Crippen LogP contribution >= 0.6 is 0 Å². The van der Waals surface area contributed by atoms with Crippen LogP contribution in [0.15, 0.2) is 34.7 Å². The van der Waals surface area contributed by atoms with Crippen LogP contribution in [0.1, 0.15) is 20.9 Å². The SMILES string of the molecule is NC(=O)c1ccc(-c2ccc(C=O)o2)cc1[N+](=O)[O-]. The Hall–Kier alpha value is -2.96. The number of benzene rings is 1. The molecule has 0 fully saturated rings. The van der Waals surface area contributed by atoms with Crippen molar-refractivity contribution in [3.05, 3.63) is 51.8 Å². The predicted octanol–water partition coefficient (Wildman–Crippen LogP) is 1.77. The Kier molecular flexibility index (Phi) is 3.11. The Bertz CT molecular complexity index is 675. The Morgan fingerprint density at radius 1 is 1.32 bits per heavy atom. The Morgan fingerprint density at radius 2 is 2.05 bits per heavy atom. The second-order valence-corrected chi connectivity index (χ2v) is 3.67. The summed E-state index contributed by atoms with van der Waals surface area (Å²) in [6.45, 7) is 0. The molecule has 0 saturated heterocycles. The zero-order chi connectivity index (χ0) is 14.0. The molecule has 1 aromatic carbocycles. The number of carbonyl (C=O) groups excluding carboxylic acids is 2. The van der Waals surface area contributed by atoms with Crippen molar-refractivity contribution in [3.63, 3.8) is 0 Å². The van der Waals surface area contributed by atoms with Gasteiger partial charge in [0.2, 0.25) is 0 Å². The summed E-state index contributed by atoms with van der Waals surface area (Å²) in [6, 6.07) is 6.83. The minimum atomic E-state index is -0.883. The standard InChI is InChI=1S/C12H8N2O5/c13-12(16)9-3-1-7(5-10(9)14(17)18)11-4-2-8(6-15)19-11/h1-6H,(H2,13,16). The monoisotopic (exact) mass is 260 g/mol. The number of nitrogens with zero attached hydrogens (tertiary/aromatic N) is 1. The molecule has 1 heterocycles. The van der Waals surface area contributed by atoms with Gasteiger partial charge < -0.3 is 10.2 Å². The van der Waals surface area contributed by atoms with E-state index in [1.807, 2.05) is 0 Å². The van der Waals surface area contributed by atoms with Crippen molar-refractivity contribution in [1.29, 1.82) is 0 Å². The number of nitrogens with two attached hydrogens (primary N) is 1. The van der Waals surface area contributed by atoms with Crippen LogP contribution in [-0.4, -0.2) is 17.1 Å². The normalized spacial score (nSPS) is 10.1. The number of nitro groups is 1. The maximum atomic E-state index is 11.1. The van der Waals surface area contributed by atoms with Crippen molar-refractivity contribution in [1.82, 2.24) is 0 Å². The van der Waals surface area contributed by atoms with Crippen LogP contribution in [-0.2, 0) is 0 Å². The van der Waals surface area contributed by atoms with Gasteiger partial charge in [0.1, 0.15) is 11.3 Å². The second kappa shape index (κ2) is 4.73. The molecule has 0 unspecified atom stereocenters. The summed E-state index contributed by atoms with van der Waals surface area (Å²) in [7, 11) is 0. The molecule has 96 valence electrons. The van der Waals surface area contributed by atoms with Crippen molar-refractivity contribution in [2.45, 2.75) is 0 Å². The summed E-state index contributed by atoms with van der Waals surface area (Å²) in [5, 5.41) is 10.9. The molecule has 7 heteroatoms. The molecule has 0 aliphatic rings. The average Bonchev–Trinajstić information content (AvgIpc) is 2.86. The lowest BCUT2D eigenvalue weighted by Crippen LogP contribution is -2.13. The van der Waals surface area contributed by atoms with Crippen molar-refractivity contribution in [2.75, 3.05) is 0 Å². The summed E-state index contributed by atoms with van der Waals surface area (Å²) in [5.41, 5.74) is 4.84. The van der Waals surface area contributed by atoms with Gasteiger partial charge in [-0.3, -0.25) is 19.7 Å². The molecule has 0 bridgehead atoms. The largest absolute Gasteiger partial charge is 0.453 e. The maximum absolute atomic E-state index is 11.1. The molecule has 19 heavy (non-hydrogen) atoms. The van der Waals surface area contributed by atoms with Crippen molar-refractivity contribution in [2.24, 2.45) is 5.73 Å². The molecule has 0 atom stereocenters. The third-order valence-electron chi connectivity index (χ3n) is 2.49. The first kappa shape index (κ1) is 12.5. The van der Waals surface area contributed by atoms with Crippen LogP contribution in [0.4, 0.5) is 5.69 Å². The third-order valence-corrected chi connectivity index (χ3v) is 2.49. The molecule has 0 radical (unpaired) electrons. The molecule has 0 saturated carbocycles. The average molecular weight is 260 g/mol. The lowest BCUT2D eigenvalue weighted by molar-refractivity contribution is -0.385. The highest BCUT2D eigenvalue weighted by atomic mass is 16.6. The minimum absolute atomic E-state index is 0.108. The highest BCUT2D eigenvalue weighted by molar-refractivity contribution is 5.97. The van der Waals surface area contributed by atoms with Gasteiger partial charge >= 0.3 is 0 Å². The first-order chi connectivity index (χ1) is 9.02. The summed E-state index contributed by atoms with van der Waals surface area (Å²) < 4.78 is 5.15. The van der Waals surface area contributed by atoms with Crippen LogP contribution in [0.25, 0.3) is 11.3 Å². The Labute approximate surface area is 106 Å². The number of rotatable bonds is 4. The third kappa shape index (κ3) is 2.34. The van der Waals surface area contributed by atoms with Crippen LogP contribution in [0.3, 0.4) is 0 Å². The molecule has 0 aliphatic heterocycles. The van der Waals surface area contributed by atoms with E-state index >= 15 is 0 Å². The second-order valence-electron chi connectivity index (χ2n) is 3.67. The van der Waals surface area contributed by atoms with E-state index in [0.717, 1.165) is 0 Å². The van der Waals surface area contributed by atoms with Crippen molar-refractivity contribution in [3.8, 4) is 11.3 Å². The topological polar surface area (TPSA) is 116 Å². The van der Waals surface area contributed by atoms with E-state index in [4.69, 9.17) is 10.2 Å². The number of primary amides is 1. The fourth-order valence-corrected chi connectivity index (χ4v) is 1.62. The number of aldehydes is 1. The van der Waals surface area contributed by atoms with Crippen LogP contribution in [0.2, 0.25) is 0 Å². The number of furan rings is 1. The predicted molar refractivity (Wildman–Crippen MR) is 64.7 cm³/mol. The molecule has 2 N–H and O–H groups in total. The van der Waals surface area contributed by atoms with E-state index in [1.165, 1.54) is 30.3 Å². The van der Waals surface area contributed by atoms with Gasteiger partial charge in [0, 0.05) is 11.6 Å². The molecule has 1 amide bonds. The zero-order valence-electron chi connectivity index (χ0n) is 9.53. The van der Waals surface area contributed by atoms with Gasteiger partial charge in [-0.25, -0.2) is 0 Å². The first-order valence-corrected chi connectivity index (χ1v) is 5.16. The summed E-state index contributed by atoms with van der Waals surface area (Å²) in [4.78, 5) is 31.8. The Balaban J connectivity index is 2.54. The van der Waals surface area contributed by atoms with Crippen LogP contribution in [0, 0.1) is 10.1 Å². The van der Waals surface area contributed by atoms with E-state index < -0.39 is 16.5 Å². The van der Waals surface area contributed by atoms with Gasteiger partial charge in [-0.2, -0.15) is 0 Å². The number of amides is 1. The van der Waals surface area contributed by atoms with E-state index in [0.29, 0.717) is 17.6 Å². The molecule has 0 spiro atoms. The van der Waals surface area contributed by atoms with E-state index in [1.54, 1.807) is 0 Å². The summed E-state index contributed by atoms with van der Waals surface area (Å²) in [5.74, 6) is -0.482. The van der Waals surface area contributed by atoms with E-state index in [2.05, 4.69) is 0 Å². The van der Waals surface area contributed by atoms with E-state index in [-0.39, 0.29) is 11.3 Å². The van der Waals surface area contributed by atoms with E-state index in [9.17, 15) is 19.7 Å². The first-order valence-electron chi connectivity index (χ1n) is 5.16. The lowest BCUT2D eigenvalue weighted by Gasteiger charge is -2.01. The molecule has 7 nitrogen and oxygen atoms in total.